The molecule has 2 heterocycles. The van der Waals surface area contributed by atoms with Crippen LogP contribution in [0.4, 0.5) is 4.39 Å². The molecule has 0 saturated carbocycles. The van der Waals surface area contributed by atoms with Gasteiger partial charge in [0.05, 0.1) is 30.3 Å². The van der Waals surface area contributed by atoms with E-state index in [1.807, 2.05) is 33.8 Å². The topological polar surface area (TPSA) is 83.2 Å². The number of allylic oxidation sites excluding steroid dienone is 5. The predicted molar refractivity (Wildman–Crippen MR) is 97.5 cm³/mol. The lowest BCUT2D eigenvalue weighted by Crippen LogP contribution is -2.26. The molecule has 1 atom stereocenters. The van der Waals surface area contributed by atoms with Gasteiger partial charge in [-0.1, -0.05) is 13.8 Å². The van der Waals surface area contributed by atoms with Crippen molar-refractivity contribution in [1.82, 2.24) is 0 Å². The van der Waals surface area contributed by atoms with Crippen LogP contribution in [0, 0.1) is 15.5 Å². The minimum atomic E-state index is -0.819. The molecule has 0 radical (unpaired) electrons. The fraction of sp³-hybridized carbons (Fsp3) is 0.632. The van der Waals surface area contributed by atoms with E-state index in [0.29, 0.717) is 37.5 Å². The molecule has 2 aliphatic heterocycles. The first-order chi connectivity index (χ1) is 12.6. The highest BCUT2D eigenvalue weighted by Gasteiger charge is 2.35. The summed E-state index contributed by atoms with van der Waals surface area (Å²) in [6.45, 7) is 9.29. The monoisotopic (exact) mass is 380 g/mol. The summed E-state index contributed by atoms with van der Waals surface area (Å²) in [7, 11) is 0. The summed E-state index contributed by atoms with van der Waals surface area (Å²) in [5, 5.41) is 10.9. The van der Waals surface area contributed by atoms with Gasteiger partial charge >= 0.3 is 0 Å². The zero-order valence-electron chi connectivity index (χ0n) is 16.1. The SMILES string of the molecule is CC1(C)OC[C@@H](COCCC(C)(C)C2=NC3=CC(F)=C([N+](=O)[O-])CC3=C2)O1. The van der Waals surface area contributed by atoms with Crippen molar-refractivity contribution in [3.05, 3.63) is 45.1 Å². The Hall–Kier alpha value is -1.90. The van der Waals surface area contributed by atoms with Crippen LogP contribution in [0.25, 0.3) is 0 Å². The minimum absolute atomic E-state index is 0.0426. The third-order valence-corrected chi connectivity index (χ3v) is 4.93. The van der Waals surface area contributed by atoms with Crippen molar-refractivity contribution in [1.29, 1.82) is 0 Å². The van der Waals surface area contributed by atoms with Gasteiger partial charge in [0.2, 0.25) is 0 Å². The van der Waals surface area contributed by atoms with Crippen molar-refractivity contribution < 1.29 is 23.5 Å². The summed E-state index contributed by atoms with van der Waals surface area (Å²) >= 11 is 0. The Morgan fingerprint density at radius 2 is 2.19 bits per heavy atom. The molecule has 7 nitrogen and oxygen atoms in total. The molecule has 0 aromatic heterocycles. The first-order valence-corrected chi connectivity index (χ1v) is 9.02. The van der Waals surface area contributed by atoms with Crippen molar-refractivity contribution >= 4 is 5.71 Å². The zero-order valence-corrected chi connectivity index (χ0v) is 16.1. The van der Waals surface area contributed by atoms with Crippen molar-refractivity contribution in [3.63, 3.8) is 0 Å². The summed E-state index contributed by atoms with van der Waals surface area (Å²) < 4.78 is 30.8. The van der Waals surface area contributed by atoms with E-state index in [9.17, 15) is 14.5 Å². The van der Waals surface area contributed by atoms with Gasteiger partial charge in [0.25, 0.3) is 5.70 Å². The standard InChI is InChI=1S/C19H25FN2O5/c1-18(2,5-6-25-10-13-11-26-19(3,4)27-13)17-8-12-7-16(22(23)24)14(20)9-15(12)21-17/h8-9,13H,5-7,10-11H2,1-4H3/t13-/m1/s1. The van der Waals surface area contributed by atoms with Crippen LogP contribution in [0.3, 0.4) is 0 Å². The molecular formula is C19H25FN2O5. The molecule has 0 aromatic carbocycles. The van der Waals surface area contributed by atoms with Gasteiger partial charge in [0, 0.05) is 23.8 Å². The number of aliphatic imine (C=N–C) groups is 1. The van der Waals surface area contributed by atoms with Crippen molar-refractivity contribution in [2.24, 2.45) is 10.4 Å². The van der Waals surface area contributed by atoms with Crippen molar-refractivity contribution in [2.75, 3.05) is 19.8 Å². The second-order valence-corrected chi connectivity index (χ2v) is 8.08. The summed E-state index contributed by atoms with van der Waals surface area (Å²) in [4.78, 5) is 14.8. The Kier molecular flexibility index (Phi) is 5.33. The molecule has 1 saturated heterocycles. The molecule has 1 aliphatic carbocycles. The molecule has 0 N–H and O–H groups in total. The Bertz CT molecular complexity index is 764. The van der Waals surface area contributed by atoms with E-state index in [0.717, 1.165) is 11.8 Å². The number of rotatable bonds is 7. The van der Waals surface area contributed by atoms with Crippen LogP contribution >= 0.6 is 0 Å². The average molecular weight is 380 g/mol. The lowest BCUT2D eigenvalue weighted by molar-refractivity contribution is -0.429. The summed E-state index contributed by atoms with van der Waals surface area (Å²) in [5.74, 6) is -1.38. The largest absolute Gasteiger partial charge is 0.379 e. The van der Waals surface area contributed by atoms with E-state index in [2.05, 4.69) is 4.99 Å². The van der Waals surface area contributed by atoms with E-state index in [-0.39, 0.29) is 17.9 Å². The molecule has 148 valence electrons. The molecule has 3 rings (SSSR count). The maximum atomic E-state index is 13.8. The van der Waals surface area contributed by atoms with Gasteiger partial charge in [-0.25, -0.2) is 0 Å². The van der Waals surface area contributed by atoms with Crippen LogP contribution in [0.1, 0.15) is 40.5 Å². The van der Waals surface area contributed by atoms with Gasteiger partial charge in [0.15, 0.2) is 11.6 Å². The van der Waals surface area contributed by atoms with Crippen LogP contribution in [-0.4, -0.2) is 42.3 Å². The maximum Gasteiger partial charge on any atom is 0.286 e. The highest BCUT2D eigenvalue weighted by Crippen LogP contribution is 2.38. The molecular weight excluding hydrogens is 355 g/mol. The Balaban J connectivity index is 1.54. The van der Waals surface area contributed by atoms with Crippen LogP contribution in [0.15, 0.2) is 39.9 Å². The van der Waals surface area contributed by atoms with Gasteiger partial charge in [-0.2, -0.15) is 4.39 Å². The molecule has 0 amide bonds. The average Bonchev–Trinajstić information content (AvgIpc) is 3.13. The third kappa shape index (κ3) is 4.51. The van der Waals surface area contributed by atoms with E-state index in [4.69, 9.17) is 14.2 Å². The smallest absolute Gasteiger partial charge is 0.286 e. The van der Waals surface area contributed by atoms with E-state index in [1.165, 1.54) is 0 Å². The van der Waals surface area contributed by atoms with Gasteiger partial charge < -0.3 is 14.2 Å². The molecule has 0 bridgehead atoms. The van der Waals surface area contributed by atoms with E-state index in [1.54, 1.807) is 0 Å². The van der Waals surface area contributed by atoms with E-state index >= 15 is 0 Å². The Morgan fingerprint density at radius 1 is 1.44 bits per heavy atom. The lowest BCUT2D eigenvalue weighted by atomic mass is 9.83. The zero-order chi connectivity index (χ0) is 19.8. The van der Waals surface area contributed by atoms with Gasteiger partial charge in [-0.15, -0.1) is 0 Å². The number of halogens is 1. The van der Waals surface area contributed by atoms with Gasteiger partial charge in [0.1, 0.15) is 6.10 Å². The number of hydrogen-bond donors (Lipinski definition) is 0. The van der Waals surface area contributed by atoms with Crippen LogP contribution < -0.4 is 0 Å². The first-order valence-electron chi connectivity index (χ1n) is 9.02. The van der Waals surface area contributed by atoms with Crippen molar-refractivity contribution in [2.45, 2.75) is 52.4 Å². The number of nitro groups is 1. The molecule has 3 aliphatic rings. The minimum Gasteiger partial charge on any atom is -0.379 e. The number of hydrogen-bond acceptors (Lipinski definition) is 6. The normalized spacial score (nSPS) is 24.5. The first kappa shape index (κ1) is 19.9. The van der Waals surface area contributed by atoms with Gasteiger partial charge in [-0.05, 0) is 31.9 Å². The summed E-state index contributed by atoms with van der Waals surface area (Å²) in [5.41, 5.74) is 1.23. The van der Waals surface area contributed by atoms with Crippen LogP contribution in [0.2, 0.25) is 0 Å². The number of ether oxygens (including phenoxy) is 3. The molecule has 1 fully saturated rings. The number of fused-ring (bicyclic) bond motifs is 1. The molecule has 27 heavy (non-hydrogen) atoms. The predicted octanol–water partition coefficient (Wildman–Crippen LogP) is 3.70. The Labute approximate surface area is 157 Å². The molecule has 0 unspecified atom stereocenters. The van der Waals surface area contributed by atoms with Gasteiger partial charge in [-0.3, -0.25) is 15.1 Å². The second-order valence-electron chi connectivity index (χ2n) is 8.08. The summed E-state index contributed by atoms with van der Waals surface area (Å²) in [6.07, 6.45) is 3.57. The molecule has 0 spiro atoms. The van der Waals surface area contributed by atoms with E-state index < -0.39 is 22.2 Å². The third-order valence-electron chi connectivity index (χ3n) is 4.93. The number of nitrogens with zero attached hydrogens (tertiary/aromatic N) is 2. The summed E-state index contributed by atoms with van der Waals surface area (Å²) in [6, 6.07) is 0. The fourth-order valence-corrected chi connectivity index (χ4v) is 3.22. The fourth-order valence-electron chi connectivity index (χ4n) is 3.22. The quantitative estimate of drug-likeness (QED) is 0.382. The van der Waals surface area contributed by atoms with Crippen LogP contribution in [-0.2, 0) is 14.2 Å². The Morgan fingerprint density at radius 3 is 2.81 bits per heavy atom. The lowest BCUT2D eigenvalue weighted by Gasteiger charge is -2.24. The highest BCUT2D eigenvalue weighted by molar-refractivity contribution is 6.03. The highest BCUT2D eigenvalue weighted by atomic mass is 19.1. The molecule has 8 heteroatoms. The molecule has 0 aromatic rings. The second kappa shape index (κ2) is 7.26. The maximum absolute atomic E-state index is 13.8. The van der Waals surface area contributed by atoms with Crippen LogP contribution in [0.5, 0.6) is 0 Å². The van der Waals surface area contributed by atoms with Crippen molar-refractivity contribution in [3.8, 4) is 0 Å².